The number of aromatic nitrogens is 2. The molecule has 5 rings (SSSR count). The Hall–Kier alpha value is -3.14. The highest BCUT2D eigenvalue weighted by Gasteiger charge is 2.20. The predicted molar refractivity (Wildman–Crippen MR) is 127 cm³/mol. The summed E-state index contributed by atoms with van der Waals surface area (Å²) in [5, 5.41) is 5.45. The molecule has 1 amide bonds. The number of nitrogens with one attached hydrogen (secondary N) is 2. The Morgan fingerprint density at radius 2 is 1.65 bits per heavy atom. The van der Waals surface area contributed by atoms with Crippen molar-refractivity contribution in [3.63, 3.8) is 0 Å². The summed E-state index contributed by atoms with van der Waals surface area (Å²) in [5.41, 5.74) is 5.58. The van der Waals surface area contributed by atoms with Crippen LogP contribution in [-0.4, -0.2) is 21.9 Å². The van der Waals surface area contributed by atoms with Gasteiger partial charge in [0.15, 0.2) is 0 Å². The van der Waals surface area contributed by atoms with Gasteiger partial charge in [0, 0.05) is 27.9 Å². The van der Waals surface area contributed by atoms with E-state index >= 15 is 0 Å². The quantitative estimate of drug-likeness (QED) is 0.402. The van der Waals surface area contributed by atoms with Crippen LogP contribution in [0.5, 0.6) is 0 Å². The maximum absolute atomic E-state index is 13.3. The number of para-hydroxylation sites is 1. The van der Waals surface area contributed by atoms with E-state index in [1.165, 1.54) is 37.7 Å². The first-order valence-electron chi connectivity index (χ1n) is 11.5. The minimum atomic E-state index is -0.0638. The topological polar surface area (TPSA) is 57.8 Å². The highest BCUT2D eigenvalue weighted by Crippen LogP contribution is 2.33. The van der Waals surface area contributed by atoms with Gasteiger partial charge in [0.25, 0.3) is 5.91 Å². The fraction of sp³-hybridized carbons (Fsp3) is 0.333. The number of nitrogens with zero attached hydrogens (tertiary/aromatic N) is 1. The van der Waals surface area contributed by atoms with Crippen molar-refractivity contribution < 1.29 is 4.79 Å². The lowest BCUT2D eigenvalue weighted by molar-refractivity contribution is 0.0925. The molecule has 0 aliphatic heterocycles. The number of aryl methyl sites for hydroxylation is 1. The van der Waals surface area contributed by atoms with Crippen molar-refractivity contribution in [3.05, 3.63) is 65.9 Å². The van der Waals surface area contributed by atoms with Crippen LogP contribution in [0.2, 0.25) is 0 Å². The van der Waals surface area contributed by atoms with Crippen molar-refractivity contribution in [1.82, 2.24) is 15.3 Å². The fourth-order valence-corrected chi connectivity index (χ4v) is 4.74. The lowest BCUT2D eigenvalue weighted by atomic mass is 9.96. The predicted octanol–water partition coefficient (Wildman–Crippen LogP) is 6.53. The summed E-state index contributed by atoms with van der Waals surface area (Å²) >= 11 is 0. The van der Waals surface area contributed by atoms with Crippen LogP contribution in [0.25, 0.3) is 33.1 Å². The average Bonchev–Trinajstić information content (AvgIpc) is 3.14. The molecule has 1 aliphatic rings. The van der Waals surface area contributed by atoms with E-state index in [2.05, 4.69) is 53.6 Å². The molecule has 1 aliphatic carbocycles. The summed E-state index contributed by atoms with van der Waals surface area (Å²) in [6.07, 6.45) is 8.35. The largest absolute Gasteiger partial charge is 0.353 e. The van der Waals surface area contributed by atoms with Crippen LogP contribution in [-0.2, 0) is 0 Å². The molecule has 4 aromatic rings. The SMILES string of the molecule is Cc1ccc(-c2nc(C(=O)NC3CCCCCCC3)cc3c2[nH]c2ccccc23)cc1. The van der Waals surface area contributed by atoms with E-state index in [1.54, 1.807) is 0 Å². The number of fused-ring (bicyclic) bond motifs is 3. The minimum Gasteiger partial charge on any atom is -0.353 e. The lowest BCUT2D eigenvalue weighted by Crippen LogP contribution is -2.35. The van der Waals surface area contributed by atoms with Gasteiger partial charge in [0.1, 0.15) is 5.69 Å². The third-order valence-corrected chi connectivity index (χ3v) is 6.49. The van der Waals surface area contributed by atoms with Crippen molar-refractivity contribution >= 4 is 27.7 Å². The standard InChI is InChI=1S/C27H29N3O/c1-18-13-15-19(16-14-18)25-26-22(21-11-7-8-12-23(21)29-26)17-24(30-25)27(31)28-20-9-5-3-2-4-6-10-20/h7-8,11-17,20,29H,2-6,9-10H2,1H3,(H,28,31). The zero-order valence-corrected chi connectivity index (χ0v) is 18.1. The summed E-state index contributed by atoms with van der Waals surface area (Å²) in [6, 6.07) is 18.8. The molecular formula is C27H29N3O. The zero-order chi connectivity index (χ0) is 21.2. The first-order chi connectivity index (χ1) is 15.2. The van der Waals surface area contributed by atoms with Crippen molar-refractivity contribution in [3.8, 4) is 11.3 Å². The average molecular weight is 412 g/mol. The third-order valence-electron chi connectivity index (χ3n) is 6.49. The van der Waals surface area contributed by atoms with E-state index in [9.17, 15) is 4.79 Å². The van der Waals surface area contributed by atoms with E-state index in [4.69, 9.17) is 4.98 Å². The normalized spacial score (nSPS) is 15.6. The molecule has 0 bridgehead atoms. The van der Waals surface area contributed by atoms with E-state index < -0.39 is 0 Å². The third kappa shape index (κ3) is 4.07. The van der Waals surface area contributed by atoms with Crippen molar-refractivity contribution in [2.24, 2.45) is 0 Å². The van der Waals surface area contributed by atoms with Gasteiger partial charge in [-0.2, -0.15) is 0 Å². The molecule has 0 spiro atoms. The molecule has 1 fully saturated rings. The number of carbonyl (C=O) groups is 1. The summed E-state index contributed by atoms with van der Waals surface area (Å²) in [5.74, 6) is -0.0638. The van der Waals surface area contributed by atoms with Gasteiger partial charge in [-0.1, -0.05) is 80.1 Å². The fourth-order valence-electron chi connectivity index (χ4n) is 4.74. The molecule has 4 heteroatoms. The molecule has 0 saturated heterocycles. The lowest BCUT2D eigenvalue weighted by Gasteiger charge is -2.21. The molecule has 31 heavy (non-hydrogen) atoms. The van der Waals surface area contributed by atoms with Crippen LogP contribution >= 0.6 is 0 Å². The number of hydrogen-bond donors (Lipinski definition) is 2. The Bertz CT molecular complexity index is 1210. The summed E-state index contributed by atoms with van der Waals surface area (Å²) in [7, 11) is 0. The van der Waals surface area contributed by atoms with Crippen LogP contribution in [0.15, 0.2) is 54.6 Å². The molecular weight excluding hydrogens is 382 g/mol. The van der Waals surface area contributed by atoms with Gasteiger partial charge < -0.3 is 10.3 Å². The Labute approximate surface area is 183 Å². The number of amides is 1. The zero-order valence-electron chi connectivity index (χ0n) is 18.1. The van der Waals surface area contributed by atoms with Crippen molar-refractivity contribution in [2.45, 2.75) is 57.9 Å². The molecule has 158 valence electrons. The molecule has 0 atom stereocenters. The Morgan fingerprint density at radius 3 is 2.42 bits per heavy atom. The number of aromatic amines is 1. The van der Waals surface area contributed by atoms with Gasteiger partial charge in [-0.25, -0.2) is 4.98 Å². The first-order valence-corrected chi connectivity index (χ1v) is 11.5. The minimum absolute atomic E-state index is 0.0638. The van der Waals surface area contributed by atoms with Crippen LogP contribution in [0.3, 0.4) is 0 Å². The van der Waals surface area contributed by atoms with Gasteiger partial charge >= 0.3 is 0 Å². The van der Waals surface area contributed by atoms with Gasteiger partial charge in [-0.15, -0.1) is 0 Å². The number of carbonyl (C=O) groups excluding carboxylic acids is 1. The number of hydrogen-bond acceptors (Lipinski definition) is 2. The van der Waals surface area contributed by atoms with Crippen molar-refractivity contribution in [2.75, 3.05) is 0 Å². The molecule has 4 nitrogen and oxygen atoms in total. The van der Waals surface area contributed by atoms with E-state index in [0.717, 1.165) is 45.9 Å². The Kier molecular flexibility index (Phi) is 5.46. The van der Waals surface area contributed by atoms with Crippen molar-refractivity contribution in [1.29, 1.82) is 0 Å². The van der Waals surface area contributed by atoms with E-state index in [1.807, 2.05) is 18.2 Å². The summed E-state index contributed by atoms with van der Waals surface area (Å²) < 4.78 is 0. The maximum Gasteiger partial charge on any atom is 0.270 e. The molecule has 0 unspecified atom stereocenters. The number of benzene rings is 2. The smallest absolute Gasteiger partial charge is 0.270 e. The highest BCUT2D eigenvalue weighted by molar-refractivity contribution is 6.13. The second kappa shape index (κ2) is 8.54. The number of H-pyrrole nitrogens is 1. The van der Waals surface area contributed by atoms with Crippen LogP contribution in [0.4, 0.5) is 0 Å². The molecule has 2 heterocycles. The number of rotatable bonds is 3. The molecule has 2 aromatic heterocycles. The van der Waals surface area contributed by atoms with Gasteiger partial charge in [-0.05, 0) is 31.9 Å². The maximum atomic E-state index is 13.3. The summed E-state index contributed by atoms with van der Waals surface area (Å²) in [4.78, 5) is 21.7. The number of pyridine rings is 1. The molecule has 2 aromatic carbocycles. The first kappa shape index (κ1) is 19.8. The van der Waals surface area contributed by atoms with Crippen LogP contribution < -0.4 is 5.32 Å². The van der Waals surface area contributed by atoms with E-state index in [0.29, 0.717) is 5.69 Å². The van der Waals surface area contributed by atoms with Gasteiger partial charge in [-0.3, -0.25) is 4.79 Å². The van der Waals surface area contributed by atoms with Gasteiger partial charge in [0.2, 0.25) is 0 Å². The Morgan fingerprint density at radius 1 is 0.935 bits per heavy atom. The monoisotopic (exact) mass is 411 g/mol. The van der Waals surface area contributed by atoms with Gasteiger partial charge in [0.05, 0.1) is 11.2 Å². The molecule has 2 N–H and O–H groups in total. The molecule has 0 radical (unpaired) electrons. The second-order valence-electron chi connectivity index (χ2n) is 8.83. The Balaban J connectivity index is 1.58. The highest BCUT2D eigenvalue weighted by atomic mass is 16.1. The van der Waals surface area contributed by atoms with Crippen LogP contribution in [0, 0.1) is 6.92 Å². The second-order valence-corrected chi connectivity index (χ2v) is 8.83. The molecule has 1 saturated carbocycles. The van der Waals surface area contributed by atoms with E-state index in [-0.39, 0.29) is 11.9 Å². The summed E-state index contributed by atoms with van der Waals surface area (Å²) in [6.45, 7) is 2.08. The van der Waals surface area contributed by atoms with Crippen LogP contribution in [0.1, 0.15) is 61.0 Å².